The maximum absolute atomic E-state index is 12.4. The first-order chi connectivity index (χ1) is 12.0. The van der Waals surface area contributed by atoms with Crippen LogP contribution in [0.5, 0.6) is 0 Å². The number of hydrogen-bond acceptors (Lipinski definition) is 5. The van der Waals surface area contributed by atoms with Crippen LogP contribution in [0.25, 0.3) is 5.69 Å². The lowest BCUT2D eigenvalue weighted by Crippen LogP contribution is -2.24. The molecule has 3 aromatic rings. The fourth-order valence-electron chi connectivity index (χ4n) is 2.28. The second kappa shape index (κ2) is 7.51. The van der Waals surface area contributed by atoms with Crippen LogP contribution in [0.2, 0.25) is 10.0 Å². The number of aryl methyl sites for hydroxylation is 2. The first kappa shape index (κ1) is 17.8. The standard InChI is InChI=1S/C16H15Cl2N5OS/c1-3-13-21-15(16(24)19-7-10-8-25-9(2)20-10)22-23(13)14-11(17)5-4-6-12(14)18/h4-6,8H,3,7H2,1-2H3,(H,19,24). The maximum Gasteiger partial charge on any atom is 0.291 e. The minimum Gasteiger partial charge on any atom is -0.344 e. The molecule has 2 aromatic heterocycles. The van der Waals surface area contributed by atoms with Crippen molar-refractivity contribution in [2.24, 2.45) is 0 Å². The maximum atomic E-state index is 12.4. The minimum absolute atomic E-state index is 0.0692. The summed E-state index contributed by atoms with van der Waals surface area (Å²) >= 11 is 14.0. The SMILES string of the molecule is CCc1nc(C(=O)NCc2csc(C)n2)nn1-c1c(Cl)cccc1Cl. The molecule has 9 heteroatoms. The Morgan fingerprint density at radius 2 is 2.00 bits per heavy atom. The summed E-state index contributed by atoms with van der Waals surface area (Å²) in [5.41, 5.74) is 1.32. The van der Waals surface area contributed by atoms with Crippen molar-refractivity contribution < 1.29 is 4.79 Å². The molecule has 0 bridgehead atoms. The van der Waals surface area contributed by atoms with Crippen LogP contribution >= 0.6 is 34.5 Å². The lowest BCUT2D eigenvalue weighted by Gasteiger charge is -2.08. The van der Waals surface area contributed by atoms with E-state index in [2.05, 4.69) is 20.4 Å². The van der Waals surface area contributed by atoms with E-state index in [1.54, 1.807) is 18.2 Å². The number of amides is 1. The summed E-state index contributed by atoms with van der Waals surface area (Å²) in [4.78, 5) is 21.0. The van der Waals surface area contributed by atoms with Crippen molar-refractivity contribution in [3.63, 3.8) is 0 Å². The lowest BCUT2D eigenvalue weighted by molar-refractivity contribution is 0.0940. The Balaban J connectivity index is 1.86. The molecule has 0 radical (unpaired) electrons. The van der Waals surface area contributed by atoms with Crippen LogP contribution in [-0.2, 0) is 13.0 Å². The Hall–Kier alpha value is -1.96. The number of para-hydroxylation sites is 1. The third-order valence-corrected chi connectivity index (χ3v) is 4.87. The average molecular weight is 396 g/mol. The van der Waals surface area contributed by atoms with Gasteiger partial charge in [-0.3, -0.25) is 4.79 Å². The van der Waals surface area contributed by atoms with Gasteiger partial charge in [-0.15, -0.1) is 16.4 Å². The van der Waals surface area contributed by atoms with Gasteiger partial charge in [0.15, 0.2) is 0 Å². The largest absolute Gasteiger partial charge is 0.344 e. The van der Waals surface area contributed by atoms with Crippen LogP contribution < -0.4 is 5.32 Å². The third kappa shape index (κ3) is 3.84. The Bertz CT molecular complexity index is 901. The number of carbonyl (C=O) groups excluding carboxylic acids is 1. The zero-order chi connectivity index (χ0) is 18.0. The van der Waals surface area contributed by atoms with Crippen molar-refractivity contribution in [3.05, 3.63) is 56.0 Å². The Morgan fingerprint density at radius 3 is 2.60 bits per heavy atom. The molecule has 25 heavy (non-hydrogen) atoms. The molecule has 0 fully saturated rings. The zero-order valence-corrected chi connectivity index (χ0v) is 15.9. The monoisotopic (exact) mass is 395 g/mol. The molecular weight excluding hydrogens is 381 g/mol. The number of thiazole rings is 1. The number of aromatic nitrogens is 4. The zero-order valence-electron chi connectivity index (χ0n) is 13.6. The Labute approximate surface area is 158 Å². The molecule has 1 aromatic carbocycles. The highest BCUT2D eigenvalue weighted by molar-refractivity contribution is 7.09. The molecule has 0 saturated heterocycles. The van der Waals surface area contributed by atoms with Gasteiger partial charge in [-0.25, -0.2) is 14.6 Å². The van der Waals surface area contributed by atoms with E-state index in [1.807, 2.05) is 19.2 Å². The van der Waals surface area contributed by atoms with E-state index in [0.29, 0.717) is 34.5 Å². The molecule has 2 heterocycles. The number of nitrogens with one attached hydrogen (secondary N) is 1. The quantitative estimate of drug-likeness (QED) is 0.712. The molecule has 0 aliphatic rings. The fraction of sp³-hybridized carbons (Fsp3) is 0.250. The summed E-state index contributed by atoms with van der Waals surface area (Å²) in [6, 6.07) is 5.18. The van der Waals surface area contributed by atoms with E-state index in [0.717, 1.165) is 10.7 Å². The lowest BCUT2D eigenvalue weighted by atomic mass is 10.3. The number of halogens is 2. The molecule has 0 unspecified atom stereocenters. The van der Waals surface area contributed by atoms with Crippen molar-refractivity contribution in [1.82, 2.24) is 25.1 Å². The molecule has 0 aliphatic carbocycles. The molecule has 6 nitrogen and oxygen atoms in total. The molecule has 1 N–H and O–H groups in total. The summed E-state index contributed by atoms with van der Waals surface area (Å²) < 4.78 is 1.52. The Morgan fingerprint density at radius 1 is 1.28 bits per heavy atom. The molecule has 0 saturated carbocycles. The first-order valence-corrected chi connectivity index (χ1v) is 9.22. The number of rotatable bonds is 5. The normalized spacial score (nSPS) is 10.9. The van der Waals surface area contributed by atoms with Gasteiger partial charge in [0.2, 0.25) is 5.82 Å². The first-order valence-electron chi connectivity index (χ1n) is 7.59. The molecule has 0 spiro atoms. The van der Waals surface area contributed by atoms with Gasteiger partial charge in [0.05, 0.1) is 27.3 Å². The van der Waals surface area contributed by atoms with Crippen molar-refractivity contribution in [2.45, 2.75) is 26.8 Å². The number of nitrogens with zero attached hydrogens (tertiary/aromatic N) is 4. The number of benzene rings is 1. The van der Waals surface area contributed by atoms with Gasteiger partial charge in [-0.1, -0.05) is 36.2 Å². The van der Waals surface area contributed by atoms with Gasteiger partial charge >= 0.3 is 0 Å². The average Bonchev–Trinajstić information content (AvgIpc) is 3.19. The van der Waals surface area contributed by atoms with Gasteiger partial charge < -0.3 is 5.32 Å². The van der Waals surface area contributed by atoms with Crippen molar-refractivity contribution in [1.29, 1.82) is 0 Å². The van der Waals surface area contributed by atoms with E-state index in [-0.39, 0.29) is 11.7 Å². The second-order valence-electron chi connectivity index (χ2n) is 5.23. The Kier molecular flexibility index (Phi) is 5.36. The summed E-state index contributed by atoms with van der Waals surface area (Å²) in [6.45, 7) is 4.16. The molecular formula is C16H15Cl2N5OS. The van der Waals surface area contributed by atoms with Crippen LogP contribution in [0.15, 0.2) is 23.6 Å². The van der Waals surface area contributed by atoms with Crippen LogP contribution in [0.3, 0.4) is 0 Å². The van der Waals surface area contributed by atoms with E-state index in [1.165, 1.54) is 16.0 Å². The highest BCUT2D eigenvalue weighted by Crippen LogP contribution is 2.28. The topological polar surface area (TPSA) is 72.7 Å². The van der Waals surface area contributed by atoms with Gasteiger partial charge in [0.25, 0.3) is 5.91 Å². The van der Waals surface area contributed by atoms with Gasteiger partial charge in [0.1, 0.15) is 11.5 Å². The summed E-state index contributed by atoms with van der Waals surface area (Å²) in [7, 11) is 0. The molecule has 3 rings (SSSR count). The smallest absolute Gasteiger partial charge is 0.291 e. The summed E-state index contributed by atoms with van der Waals surface area (Å²) in [5.74, 6) is 0.298. The second-order valence-corrected chi connectivity index (χ2v) is 7.10. The van der Waals surface area contributed by atoms with Gasteiger partial charge in [-0.05, 0) is 19.1 Å². The van der Waals surface area contributed by atoms with E-state index >= 15 is 0 Å². The van der Waals surface area contributed by atoms with Crippen molar-refractivity contribution >= 4 is 40.4 Å². The number of hydrogen-bond donors (Lipinski definition) is 1. The van der Waals surface area contributed by atoms with Gasteiger partial charge in [-0.2, -0.15) is 0 Å². The van der Waals surface area contributed by atoms with Crippen LogP contribution in [-0.4, -0.2) is 25.7 Å². The van der Waals surface area contributed by atoms with E-state index < -0.39 is 0 Å². The number of carbonyl (C=O) groups is 1. The van der Waals surface area contributed by atoms with Crippen LogP contribution in [0.4, 0.5) is 0 Å². The van der Waals surface area contributed by atoms with E-state index in [4.69, 9.17) is 23.2 Å². The molecule has 0 aliphatic heterocycles. The fourth-order valence-corrected chi connectivity index (χ4v) is 3.45. The predicted molar refractivity (Wildman–Crippen MR) is 98.8 cm³/mol. The third-order valence-electron chi connectivity index (χ3n) is 3.44. The molecule has 1 amide bonds. The molecule has 130 valence electrons. The minimum atomic E-state index is -0.373. The van der Waals surface area contributed by atoms with Crippen LogP contribution in [0.1, 0.15) is 34.1 Å². The molecule has 0 atom stereocenters. The highest BCUT2D eigenvalue weighted by Gasteiger charge is 2.19. The predicted octanol–water partition coefficient (Wildman–Crippen LogP) is 3.83. The van der Waals surface area contributed by atoms with Crippen molar-refractivity contribution in [3.8, 4) is 5.69 Å². The van der Waals surface area contributed by atoms with Gasteiger partial charge in [0, 0.05) is 11.8 Å². The highest BCUT2D eigenvalue weighted by atomic mass is 35.5. The summed E-state index contributed by atoms with van der Waals surface area (Å²) in [6.07, 6.45) is 0.577. The van der Waals surface area contributed by atoms with Crippen LogP contribution in [0, 0.1) is 6.92 Å². The van der Waals surface area contributed by atoms with E-state index in [9.17, 15) is 4.79 Å². The summed E-state index contributed by atoms with van der Waals surface area (Å²) in [5, 5.41) is 10.8. The van der Waals surface area contributed by atoms with Crippen molar-refractivity contribution in [2.75, 3.05) is 0 Å².